The first-order chi connectivity index (χ1) is 13.5. The quantitative estimate of drug-likeness (QED) is 0.705. The van der Waals surface area contributed by atoms with E-state index in [1.807, 2.05) is 29.2 Å². The Morgan fingerprint density at radius 2 is 1.71 bits per heavy atom. The van der Waals surface area contributed by atoms with Crippen LogP contribution in [-0.2, 0) is 0 Å². The average Bonchev–Trinajstić information content (AvgIpc) is 3.14. The summed E-state index contributed by atoms with van der Waals surface area (Å²) in [5, 5.41) is 0.902. The number of H-pyrrole nitrogens is 1. The molecule has 4 rings (SSSR count). The van der Waals surface area contributed by atoms with E-state index in [1.165, 1.54) is 6.07 Å². The molecule has 0 aliphatic carbocycles. The molecule has 0 bridgehead atoms. The summed E-state index contributed by atoms with van der Waals surface area (Å²) in [6, 6.07) is 10.8. The van der Waals surface area contributed by atoms with Gasteiger partial charge >= 0.3 is 0 Å². The van der Waals surface area contributed by atoms with Gasteiger partial charge in [0.15, 0.2) is 17.4 Å². The molecule has 0 unspecified atom stereocenters. The van der Waals surface area contributed by atoms with Crippen molar-refractivity contribution in [3.05, 3.63) is 71.4 Å². The van der Waals surface area contributed by atoms with E-state index in [-0.39, 0.29) is 23.8 Å². The lowest BCUT2D eigenvalue weighted by Crippen LogP contribution is -2.49. The first-order valence-corrected chi connectivity index (χ1v) is 9.09. The molecule has 2 heterocycles. The number of nitrogens with zero attached hydrogens (tertiary/aromatic N) is 2. The molecule has 0 atom stereocenters. The Kier molecular flexibility index (Phi) is 4.92. The fourth-order valence-corrected chi connectivity index (χ4v) is 3.51. The standard InChI is InChI=1S/C21H19F2N3O2/c22-17-6-5-14(11-18(17)23)21(28)26-9-7-25(8-10-26)13-20(27)16-12-24-19-4-2-1-3-15(16)19/h1-6,11-12,24H,7-10,13H2. The van der Waals surface area contributed by atoms with Gasteiger partial charge in [-0.15, -0.1) is 0 Å². The molecule has 1 aliphatic heterocycles. The molecule has 1 aromatic heterocycles. The predicted molar refractivity (Wildman–Crippen MR) is 101 cm³/mol. The number of amides is 1. The number of ketones is 1. The molecule has 0 spiro atoms. The summed E-state index contributed by atoms with van der Waals surface area (Å²) < 4.78 is 26.4. The second kappa shape index (κ2) is 7.52. The number of aromatic nitrogens is 1. The van der Waals surface area contributed by atoms with Crippen molar-refractivity contribution in [2.24, 2.45) is 0 Å². The van der Waals surface area contributed by atoms with Crippen LogP contribution in [0.5, 0.6) is 0 Å². The number of benzene rings is 2. The zero-order chi connectivity index (χ0) is 19.7. The third-order valence-corrected chi connectivity index (χ3v) is 5.08. The van der Waals surface area contributed by atoms with Crippen LogP contribution in [-0.4, -0.2) is 59.2 Å². The Morgan fingerprint density at radius 1 is 0.964 bits per heavy atom. The number of hydrogen-bond donors (Lipinski definition) is 1. The maximum absolute atomic E-state index is 13.4. The van der Waals surface area contributed by atoms with E-state index in [0.29, 0.717) is 31.7 Å². The summed E-state index contributed by atoms with van der Waals surface area (Å²) in [7, 11) is 0. The summed E-state index contributed by atoms with van der Waals surface area (Å²) >= 11 is 0. The molecule has 5 nitrogen and oxygen atoms in total. The van der Waals surface area contributed by atoms with Crippen LogP contribution < -0.4 is 0 Å². The highest BCUT2D eigenvalue weighted by Crippen LogP contribution is 2.19. The Labute approximate surface area is 160 Å². The normalized spacial score (nSPS) is 15.1. The molecule has 144 valence electrons. The maximum Gasteiger partial charge on any atom is 0.254 e. The van der Waals surface area contributed by atoms with Crippen LogP contribution in [0.4, 0.5) is 8.78 Å². The zero-order valence-corrected chi connectivity index (χ0v) is 15.1. The van der Waals surface area contributed by atoms with Crippen molar-refractivity contribution in [1.82, 2.24) is 14.8 Å². The fraction of sp³-hybridized carbons (Fsp3) is 0.238. The molecule has 1 fully saturated rings. The molecular weight excluding hydrogens is 364 g/mol. The number of carbonyl (C=O) groups is 2. The number of halogens is 2. The number of Topliss-reactive ketones (excluding diaryl/α,β-unsaturated/α-hetero) is 1. The van der Waals surface area contributed by atoms with Gasteiger partial charge in [0.25, 0.3) is 5.91 Å². The van der Waals surface area contributed by atoms with Crippen LogP contribution in [0.15, 0.2) is 48.7 Å². The van der Waals surface area contributed by atoms with Crippen molar-refractivity contribution in [2.75, 3.05) is 32.7 Å². The van der Waals surface area contributed by atoms with Crippen molar-refractivity contribution in [1.29, 1.82) is 0 Å². The van der Waals surface area contributed by atoms with E-state index in [2.05, 4.69) is 4.98 Å². The van der Waals surface area contributed by atoms with Gasteiger partial charge in [0.2, 0.25) is 0 Å². The minimum absolute atomic E-state index is 0.0258. The largest absolute Gasteiger partial charge is 0.360 e. The van der Waals surface area contributed by atoms with Crippen LogP contribution >= 0.6 is 0 Å². The molecule has 3 aromatic rings. The number of aromatic amines is 1. The molecule has 2 aromatic carbocycles. The third kappa shape index (κ3) is 3.53. The topological polar surface area (TPSA) is 56.4 Å². The van der Waals surface area contributed by atoms with Gasteiger partial charge in [-0.2, -0.15) is 0 Å². The minimum atomic E-state index is -1.03. The van der Waals surface area contributed by atoms with E-state index >= 15 is 0 Å². The van der Waals surface area contributed by atoms with Crippen LogP contribution in [0.25, 0.3) is 10.9 Å². The smallest absolute Gasteiger partial charge is 0.254 e. The number of piperazine rings is 1. The van der Waals surface area contributed by atoms with Crippen molar-refractivity contribution in [2.45, 2.75) is 0 Å². The monoisotopic (exact) mass is 383 g/mol. The van der Waals surface area contributed by atoms with Gasteiger partial charge in [0, 0.05) is 54.4 Å². The summed E-state index contributed by atoms with van der Waals surface area (Å²) in [5.41, 5.74) is 1.71. The zero-order valence-electron chi connectivity index (χ0n) is 15.1. The lowest BCUT2D eigenvalue weighted by atomic mass is 10.1. The van der Waals surface area contributed by atoms with Gasteiger partial charge in [0.1, 0.15) is 0 Å². The molecule has 1 aliphatic rings. The molecule has 1 N–H and O–H groups in total. The molecule has 7 heteroatoms. The molecule has 0 radical (unpaired) electrons. The van der Waals surface area contributed by atoms with Crippen LogP contribution in [0.2, 0.25) is 0 Å². The van der Waals surface area contributed by atoms with Gasteiger partial charge in [-0.1, -0.05) is 18.2 Å². The molecule has 0 saturated carbocycles. The number of carbonyl (C=O) groups excluding carboxylic acids is 2. The van der Waals surface area contributed by atoms with E-state index < -0.39 is 11.6 Å². The van der Waals surface area contributed by atoms with Gasteiger partial charge in [-0.25, -0.2) is 8.78 Å². The predicted octanol–water partition coefficient (Wildman–Crippen LogP) is 3.09. The minimum Gasteiger partial charge on any atom is -0.360 e. The first kappa shape index (κ1) is 18.3. The highest BCUT2D eigenvalue weighted by atomic mass is 19.2. The van der Waals surface area contributed by atoms with Crippen LogP contribution in [0, 0.1) is 11.6 Å². The number of hydrogen-bond acceptors (Lipinski definition) is 3. The molecule has 1 amide bonds. The Bertz CT molecular complexity index is 1040. The van der Waals surface area contributed by atoms with E-state index in [4.69, 9.17) is 0 Å². The highest BCUT2D eigenvalue weighted by Gasteiger charge is 2.24. The highest BCUT2D eigenvalue weighted by molar-refractivity contribution is 6.08. The molecule has 28 heavy (non-hydrogen) atoms. The number of nitrogens with one attached hydrogen (secondary N) is 1. The number of para-hydroxylation sites is 1. The average molecular weight is 383 g/mol. The third-order valence-electron chi connectivity index (χ3n) is 5.08. The van der Waals surface area contributed by atoms with Crippen molar-refractivity contribution in [3.8, 4) is 0 Å². The number of fused-ring (bicyclic) bond motifs is 1. The van der Waals surface area contributed by atoms with Crippen molar-refractivity contribution in [3.63, 3.8) is 0 Å². The Hall–Kier alpha value is -3.06. The van der Waals surface area contributed by atoms with Gasteiger partial charge < -0.3 is 9.88 Å². The Balaban J connectivity index is 1.37. The molecule has 1 saturated heterocycles. The van der Waals surface area contributed by atoms with Crippen molar-refractivity contribution >= 4 is 22.6 Å². The lowest BCUT2D eigenvalue weighted by molar-refractivity contribution is 0.0624. The number of rotatable bonds is 4. The summed E-state index contributed by atoms with van der Waals surface area (Å²) in [5.74, 6) is -2.31. The van der Waals surface area contributed by atoms with Gasteiger partial charge in [-0.3, -0.25) is 14.5 Å². The summed E-state index contributed by atoms with van der Waals surface area (Å²) in [4.78, 5) is 31.8. The SMILES string of the molecule is O=C(CN1CCN(C(=O)c2ccc(F)c(F)c2)CC1)c1c[nH]c2ccccc12. The second-order valence-electron chi connectivity index (χ2n) is 6.87. The second-order valence-corrected chi connectivity index (χ2v) is 6.87. The van der Waals surface area contributed by atoms with Gasteiger partial charge in [0.05, 0.1) is 6.54 Å². The summed E-state index contributed by atoms with van der Waals surface area (Å²) in [6.07, 6.45) is 1.73. The Morgan fingerprint density at radius 3 is 2.46 bits per heavy atom. The van der Waals surface area contributed by atoms with Crippen LogP contribution in [0.1, 0.15) is 20.7 Å². The maximum atomic E-state index is 13.4. The summed E-state index contributed by atoms with van der Waals surface area (Å²) in [6.45, 7) is 2.22. The lowest BCUT2D eigenvalue weighted by Gasteiger charge is -2.34. The molecular formula is C21H19F2N3O2. The van der Waals surface area contributed by atoms with E-state index in [0.717, 1.165) is 23.0 Å². The van der Waals surface area contributed by atoms with E-state index in [1.54, 1.807) is 11.1 Å². The van der Waals surface area contributed by atoms with Gasteiger partial charge in [-0.05, 0) is 24.3 Å². The fourth-order valence-electron chi connectivity index (χ4n) is 3.51. The van der Waals surface area contributed by atoms with Crippen molar-refractivity contribution < 1.29 is 18.4 Å². The first-order valence-electron chi connectivity index (χ1n) is 9.09. The van der Waals surface area contributed by atoms with Crippen LogP contribution in [0.3, 0.4) is 0 Å². The van der Waals surface area contributed by atoms with E-state index in [9.17, 15) is 18.4 Å².